The predicted molar refractivity (Wildman–Crippen MR) is 86.0 cm³/mol. The molecule has 3 rings (SSSR count). The first-order chi connectivity index (χ1) is 10.2. The van der Waals surface area contributed by atoms with Gasteiger partial charge in [0, 0.05) is 17.8 Å². The zero-order valence-electron chi connectivity index (χ0n) is 11.4. The first-order valence-electron chi connectivity index (χ1n) is 6.33. The highest BCUT2D eigenvalue weighted by Gasteiger charge is 2.01. The molecule has 3 aromatic rings. The Bertz CT molecular complexity index is 760. The molecule has 0 aliphatic carbocycles. The van der Waals surface area contributed by atoms with E-state index in [1.54, 1.807) is 17.8 Å². The SMILES string of the molecule is Cc1cc(-n2cccn2)ccc1C=NNc1nc(N)cs1. The number of anilines is 2. The number of nitrogens with two attached hydrogens (primary N) is 1. The van der Waals surface area contributed by atoms with Crippen LogP contribution in [0.1, 0.15) is 11.1 Å². The van der Waals surface area contributed by atoms with Crippen LogP contribution in [-0.4, -0.2) is 21.0 Å². The van der Waals surface area contributed by atoms with Crippen LogP contribution in [0.5, 0.6) is 0 Å². The van der Waals surface area contributed by atoms with Gasteiger partial charge < -0.3 is 5.73 Å². The van der Waals surface area contributed by atoms with Gasteiger partial charge in [-0.3, -0.25) is 5.43 Å². The van der Waals surface area contributed by atoms with Crippen LogP contribution in [0.15, 0.2) is 47.1 Å². The molecule has 0 unspecified atom stereocenters. The summed E-state index contributed by atoms with van der Waals surface area (Å²) in [4.78, 5) is 4.07. The number of aryl methyl sites for hydroxylation is 1. The van der Waals surface area contributed by atoms with Crippen LogP contribution in [0.2, 0.25) is 0 Å². The summed E-state index contributed by atoms with van der Waals surface area (Å²) in [5.74, 6) is 0.498. The fraction of sp³-hybridized carbons (Fsp3) is 0.0714. The van der Waals surface area contributed by atoms with Gasteiger partial charge in [0.1, 0.15) is 5.82 Å². The lowest BCUT2D eigenvalue weighted by atomic mass is 10.1. The maximum Gasteiger partial charge on any atom is 0.205 e. The lowest BCUT2D eigenvalue weighted by molar-refractivity contribution is 0.879. The maximum atomic E-state index is 5.55. The molecule has 21 heavy (non-hydrogen) atoms. The van der Waals surface area contributed by atoms with Gasteiger partial charge in [-0.2, -0.15) is 10.2 Å². The van der Waals surface area contributed by atoms with Crippen LogP contribution in [-0.2, 0) is 0 Å². The van der Waals surface area contributed by atoms with Crippen molar-refractivity contribution >= 4 is 28.5 Å². The van der Waals surface area contributed by atoms with Gasteiger partial charge in [-0.15, -0.1) is 11.3 Å². The van der Waals surface area contributed by atoms with Crippen LogP contribution in [0, 0.1) is 6.92 Å². The average molecular weight is 298 g/mol. The van der Waals surface area contributed by atoms with Gasteiger partial charge in [0.05, 0.1) is 11.9 Å². The summed E-state index contributed by atoms with van der Waals surface area (Å²) in [7, 11) is 0. The van der Waals surface area contributed by atoms with E-state index in [4.69, 9.17) is 5.73 Å². The van der Waals surface area contributed by atoms with Crippen molar-refractivity contribution in [3.8, 4) is 5.69 Å². The Kier molecular flexibility index (Phi) is 3.65. The molecule has 0 aliphatic heterocycles. The third kappa shape index (κ3) is 3.09. The molecule has 0 spiro atoms. The number of nitrogens with zero attached hydrogens (tertiary/aromatic N) is 4. The van der Waals surface area contributed by atoms with E-state index in [-0.39, 0.29) is 0 Å². The number of hydrazone groups is 1. The largest absolute Gasteiger partial charge is 0.383 e. The molecule has 0 saturated carbocycles. The van der Waals surface area contributed by atoms with E-state index in [1.807, 2.05) is 36.0 Å². The number of nitrogen functional groups attached to an aromatic ring is 1. The predicted octanol–water partition coefficient (Wildman–Crippen LogP) is 2.67. The number of nitrogens with one attached hydrogen (secondary N) is 1. The summed E-state index contributed by atoms with van der Waals surface area (Å²) < 4.78 is 1.82. The fourth-order valence-electron chi connectivity index (χ4n) is 1.86. The second-order valence-corrected chi connectivity index (χ2v) is 5.30. The second kappa shape index (κ2) is 5.76. The van der Waals surface area contributed by atoms with Gasteiger partial charge in [0.25, 0.3) is 0 Å². The molecule has 2 aromatic heterocycles. The molecule has 0 amide bonds. The van der Waals surface area contributed by atoms with Crippen LogP contribution in [0.25, 0.3) is 5.69 Å². The van der Waals surface area contributed by atoms with Crippen LogP contribution in [0.4, 0.5) is 10.9 Å². The standard InChI is InChI=1S/C14H14N6S/c1-10-7-12(20-6-2-5-17-20)4-3-11(10)8-16-19-14-18-13(15)9-21-14/h2-9H,15H2,1H3,(H,18,19). The van der Waals surface area contributed by atoms with E-state index >= 15 is 0 Å². The summed E-state index contributed by atoms with van der Waals surface area (Å²) in [6.45, 7) is 2.04. The summed E-state index contributed by atoms with van der Waals surface area (Å²) in [6, 6.07) is 7.97. The monoisotopic (exact) mass is 298 g/mol. The fourth-order valence-corrected chi connectivity index (χ4v) is 2.41. The molecule has 0 fully saturated rings. The minimum Gasteiger partial charge on any atom is -0.383 e. The van der Waals surface area contributed by atoms with E-state index < -0.39 is 0 Å². The zero-order valence-corrected chi connectivity index (χ0v) is 12.2. The van der Waals surface area contributed by atoms with E-state index in [2.05, 4.69) is 26.7 Å². The molecule has 2 heterocycles. The van der Waals surface area contributed by atoms with Crippen LogP contribution < -0.4 is 11.2 Å². The van der Waals surface area contributed by atoms with Gasteiger partial charge in [0.15, 0.2) is 0 Å². The van der Waals surface area contributed by atoms with Gasteiger partial charge >= 0.3 is 0 Å². The first kappa shape index (κ1) is 13.3. The van der Waals surface area contributed by atoms with E-state index in [1.165, 1.54) is 11.3 Å². The Hall–Kier alpha value is -2.67. The summed E-state index contributed by atoms with van der Waals surface area (Å²) >= 11 is 1.42. The number of aromatic nitrogens is 3. The van der Waals surface area contributed by atoms with Crippen molar-refractivity contribution in [3.63, 3.8) is 0 Å². The Morgan fingerprint density at radius 2 is 2.33 bits per heavy atom. The smallest absolute Gasteiger partial charge is 0.205 e. The number of hydrogen-bond donors (Lipinski definition) is 2. The normalized spacial score (nSPS) is 11.1. The Morgan fingerprint density at radius 1 is 1.43 bits per heavy atom. The molecule has 0 saturated heterocycles. The van der Waals surface area contributed by atoms with Gasteiger partial charge in [-0.05, 0) is 36.2 Å². The van der Waals surface area contributed by atoms with Crippen molar-refractivity contribution in [3.05, 3.63) is 53.2 Å². The van der Waals surface area contributed by atoms with E-state index in [0.717, 1.165) is 16.8 Å². The average Bonchev–Trinajstić information content (AvgIpc) is 3.12. The van der Waals surface area contributed by atoms with E-state index in [0.29, 0.717) is 10.9 Å². The lowest BCUT2D eigenvalue weighted by Crippen LogP contribution is -1.97. The third-order valence-corrected chi connectivity index (χ3v) is 3.67. The van der Waals surface area contributed by atoms with Crippen LogP contribution >= 0.6 is 11.3 Å². The molecule has 0 aliphatic rings. The number of benzene rings is 1. The molecule has 0 atom stereocenters. The lowest BCUT2D eigenvalue weighted by Gasteiger charge is -2.05. The van der Waals surface area contributed by atoms with Gasteiger partial charge in [-0.1, -0.05) is 6.07 Å². The highest BCUT2D eigenvalue weighted by atomic mass is 32.1. The Balaban J connectivity index is 1.74. The minimum atomic E-state index is 0.498. The molecule has 1 aromatic carbocycles. The Labute approximate surface area is 125 Å². The molecule has 106 valence electrons. The van der Waals surface area contributed by atoms with Crippen molar-refractivity contribution < 1.29 is 0 Å². The summed E-state index contributed by atoms with van der Waals surface area (Å²) in [6.07, 6.45) is 5.44. The quantitative estimate of drug-likeness (QED) is 0.573. The van der Waals surface area contributed by atoms with Crippen molar-refractivity contribution in [2.45, 2.75) is 6.92 Å². The number of thiazole rings is 1. The summed E-state index contributed by atoms with van der Waals surface area (Å²) in [5, 5.41) is 10.8. The van der Waals surface area contributed by atoms with Gasteiger partial charge in [0.2, 0.25) is 5.13 Å². The molecule has 0 radical (unpaired) electrons. The number of rotatable bonds is 4. The molecular weight excluding hydrogens is 284 g/mol. The minimum absolute atomic E-state index is 0.498. The zero-order chi connectivity index (χ0) is 14.7. The van der Waals surface area contributed by atoms with E-state index in [9.17, 15) is 0 Å². The maximum absolute atomic E-state index is 5.55. The van der Waals surface area contributed by atoms with Crippen LogP contribution in [0.3, 0.4) is 0 Å². The number of hydrogen-bond acceptors (Lipinski definition) is 6. The topological polar surface area (TPSA) is 81.1 Å². The molecule has 6 nitrogen and oxygen atoms in total. The van der Waals surface area contributed by atoms with Crippen molar-refractivity contribution in [1.29, 1.82) is 0 Å². The molecule has 3 N–H and O–H groups in total. The van der Waals surface area contributed by atoms with Crippen molar-refractivity contribution in [2.24, 2.45) is 5.10 Å². The molecular formula is C14H14N6S. The highest BCUT2D eigenvalue weighted by Crippen LogP contribution is 2.16. The van der Waals surface area contributed by atoms with Crippen molar-refractivity contribution in [1.82, 2.24) is 14.8 Å². The van der Waals surface area contributed by atoms with Crippen molar-refractivity contribution in [2.75, 3.05) is 11.2 Å². The summed E-state index contributed by atoms with van der Waals surface area (Å²) in [5.41, 5.74) is 11.6. The first-order valence-corrected chi connectivity index (χ1v) is 7.21. The molecule has 0 bridgehead atoms. The van der Waals surface area contributed by atoms with Gasteiger partial charge in [-0.25, -0.2) is 9.67 Å². The highest BCUT2D eigenvalue weighted by molar-refractivity contribution is 7.14. The Morgan fingerprint density at radius 3 is 3.00 bits per heavy atom. The second-order valence-electron chi connectivity index (χ2n) is 4.44. The molecule has 7 heteroatoms. The third-order valence-electron chi connectivity index (χ3n) is 2.91.